The number of hydrogen-bond donors (Lipinski definition) is 1. The van der Waals surface area contributed by atoms with Gasteiger partial charge in [0, 0.05) is 45.1 Å². The molecule has 1 aromatic rings. The Bertz CT molecular complexity index is 510. The zero-order valence-electron chi connectivity index (χ0n) is 14.8. The minimum Gasteiger partial charge on any atom is -0.389 e. The normalized spacial score (nSPS) is 30.5. The van der Waals surface area contributed by atoms with Gasteiger partial charge in [-0.15, -0.1) is 0 Å². The fourth-order valence-electron chi connectivity index (χ4n) is 4.27. The van der Waals surface area contributed by atoms with Gasteiger partial charge in [-0.2, -0.15) is 0 Å². The molecule has 0 amide bonds. The van der Waals surface area contributed by atoms with Gasteiger partial charge in [-0.25, -0.2) is 0 Å². The first-order valence-electron chi connectivity index (χ1n) is 9.25. The van der Waals surface area contributed by atoms with Crippen LogP contribution >= 0.6 is 0 Å². The van der Waals surface area contributed by atoms with Crippen LogP contribution in [0.15, 0.2) is 24.3 Å². The first-order valence-corrected chi connectivity index (χ1v) is 9.25. The molecule has 2 unspecified atom stereocenters. The average molecular weight is 316 g/mol. The summed E-state index contributed by atoms with van der Waals surface area (Å²) in [5, 5.41) is 11.5. The van der Waals surface area contributed by atoms with Crippen molar-refractivity contribution >= 4 is 0 Å². The number of aryl methyl sites for hydroxylation is 1. The lowest BCUT2D eigenvalue weighted by Crippen LogP contribution is -2.52. The van der Waals surface area contributed by atoms with Gasteiger partial charge < -0.3 is 14.9 Å². The summed E-state index contributed by atoms with van der Waals surface area (Å²) < 4.78 is 0. The second-order valence-corrected chi connectivity index (χ2v) is 7.75. The molecule has 2 fully saturated rings. The third-order valence-electron chi connectivity index (χ3n) is 6.00. The van der Waals surface area contributed by atoms with Crippen LogP contribution in [0.1, 0.15) is 36.8 Å². The van der Waals surface area contributed by atoms with E-state index in [-0.39, 0.29) is 0 Å². The van der Waals surface area contributed by atoms with Crippen molar-refractivity contribution in [3.63, 3.8) is 0 Å². The first kappa shape index (κ1) is 16.9. The second kappa shape index (κ2) is 7.33. The Kier molecular flexibility index (Phi) is 5.40. The van der Waals surface area contributed by atoms with E-state index in [1.807, 2.05) is 0 Å². The topological polar surface area (TPSA) is 26.7 Å². The first-order chi connectivity index (χ1) is 11.1. The fourth-order valence-corrected chi connectivity index (χ4v) is 4.27. The summed E-state index contributed by atoms with van der Waals surface area (Å²) >= 11 is 0. The van der Waals surface area contributed by atoms with E-state index in [1.54, 1.807) is 0 Å². The van der Waals surface area contributed by atoms with Gasteiger partial charge >= 0.3 is 0 Å². The van der Waals surface area contributed by atoms with Crippen LogP contribution in [0.25, 0.3) is 0 Å². The second-order valence-electron chi connectivity index (χ2n) is 7.75. The van der Waals surface area contributed by atoms with E-state index in [9.17, 15) is 5.11 Å². The molecule has 1 heterocycles. The number of rotatable bonds is 4. The van der Waals surface area contributed by atoms with Gasteiger partial charge in [0.15, 0.2) is 0 Å². The molecule has 128 valence electrons. The summed E-state index contributed by atoms with van der Waals surface area (Å²) in [6, 6.07) is 8.54. The Hall–Kier alpha value is -0.900. The van der Waals surface area contributed by atoms with Crippen molar-refractivity contribution in [1.29, 1.82) is 0 Å². The number of hydrogen-bond acceptors (Lipinski definition) is 3. The minimum absolute atomic E-state index is 0.416. The van der Waals surface area contributed by atoms with Crippen LogP contribution in [-0.4, -0.2) is 60.3 Å². The molecule has 1 aromatic carbocycles. The van der Waals surface area contributed by atoms with E-state index in [1.165, 1.54) is 30.4 Å². The molecule has 0 bridgehead atoms. The highest BCUT2D eigenvalue weighted by Gasteiger charge is 2.40. The predicted octanol–water partition coefficient (Wildman–Crippen LogP) is 2.71. The van der Waals surface area contributed by atoms with E-state index in [4.69, 9.17) is 0 Å². The predicted molar refractivity (Wildman–Crippen MR) is 95.7 cm³/mol. The maximum absolute atomic E-state index is 11.5. The maximum Gasteiger partial charge on any atom is 0.0728 e. The monoisotopic (exact) mass is 316 g/mol. The third kappa shape index (κ3) is 4.14. The Morgan fingerprint density at radius 1 is 1.13 bits per heavy atom. The summed E-state index contributed by atoms with van der Waals surface area (Å²) in [5.74, 6) is 0.416. The molecule has 1 aliphatic heterocycles. The largest absolute Gasteiger partial charge is 0.389 e. The molecule has 0 radical (unpaired) electrons. The van der Waals surface area contributed by atoms with E-state index in [2.05, 4.69) is 48.0 Å². The smallest absolute Gasteiger partial charge is 0.0728 e. The van der Waals surface area contributed by atoms with Gasteiger partial charge in [0.1, 0.15) is 0 Å². The van der Waals surface area contributed by atoms with Crippen molar-refractivity contribution in [2.45, 2.75) is 44.6 Å². The average Bonchev–Trinajstić information content (AvgIpc) is 2.54. The van der Waals surface area contributed by atoms with Crippen LogP contribution in [0.4, 0.5) is 0 Å². The van der Waals surface area contributed by atoms with Gasteiger partial charge in [0.2, 0.25) is 0 Å². The molecule has 2 atom stereocenters. The van der Waals surface area contributed by atoms with Crippen molar-refractivity contribution in [1.82, 2.24) is 9.80 Å². The molecule has 23 heavy (non-hydrogen) atoms. The Morgan fingerprint density at radius 3 is 2.61 bits per heavy atom. The standard InChI is InChI=1S/C20H32N2O/c1-17-7-3-4-8-18(17)15-20(23)10-6-5-9-19(20)16-22-13-11-21(2)12-14-22/h3-4,7-8,19,23H,5-6,9-16H2,1-2H3. The summed E-state index contributed by atoms with van der Waals surface area (Å²) in [7, 11) is 2.20. The molecule has 0 aromatic heterocycles. The number of benzene rings is 1. The summed E-state index contributed by atoms with van der Waals surface area (Å²) in [6.07, 6.45) is 5.39. The van der Waals surface area contributed by atoms with Crippen LogP contribution in [-0.2, 0) is 6.42 Å². The Morgan fingerprint density at radius 2 is 1.87 bits per heavy atom. The third-order valence-corrected chi connectivity index (χ3v) is 6.00. The molecule has 3 rings (SSSR count). The molecule has 1 saturated carbocycles. The van der Waals surface area contributed by atoms with Crippen molar-refractivity contribution in [3.05, 3.63) is 35.4 Å². The molecule has 1 aliphatic carbocycles. The fraction of sp³-hybridized carbons (Fsp3) is 0.700. The van der Waals surface area contributed by atoms with Crippen LogP contribution in [0.2, 0.25) is 0 Å². The Labute approximate surface area is 141 Å². The summed E-state index contributed by atoms with van der Waals surface area (Å²) in [5.41, 5.74) is 2.11. The number of piperazine rings is 1. The summed E-state index contributed by atoms with van der Waals surface area (Å²) in [6.45, 7) is 7.83. The van der Waals surface area contributed by atoms with E-state index < -0.39 is 5.60 Å². The highest BCUT2D eigenvalue weighted by molar-refractivity contribution is 5.27. The molecule has 1 N–H and O–H groups in total. The molecular formula is C20H32N2O. The van der Waals surface area contributed by atoms with Gasteiger partial charge in [-0.05, 0) is 37.9 Å². The van der Waals surface area contributed by atoms with Gasteiger partial charge in [-0.3, -0.25) is 0 Å². The van der Waals surface area contributed by atoms with Crippen LogP contribution < -0.4 is 0 Å². The van der Waals surface area contributed by atoms with Crippen molar-refractivity contribution < 1.29 is 5.11 Å². The van der Waals surface area contributed by atoms with Crippen LogP contribution in [0.3, 0.4) is 0 Å². The number of aliphatic hydroxyl groups is 1. The van der Waals surface area contributed by atoms with Crippen molar-refractivity contribution in [2.24, 2.45) is 5.92 Å². The van der Waals surface area contributed by atoms with Gasteiger partial charge in [0.05, 0.1) is 5.60 Å². The lowest BCUT2D eigenvalue weighted by Gasteiger charge is -2.44. The zero-order valence-corrected chi connectivity index (χ0v) is 14.8. The van der Waals surface area contributed by atoms with Gasteiger partial charge in [0.25, 0.3) is 0 Å². The molecule has 3 heteroatoms. The van der Waals surface area contributed by atoms with E-state index in [0.717, 1.165) is 45.6 Å². The van der Waals surface area contributed by atoms with E-state index >= 15 is 0 Å². The van der Waals surface area contributed by atoms with Crippen LogP contribution in [0, 0.1) is 12.8 Å². The van der Waals surface area contributed by atoms with Crippen molar-refractivity contribution in [2.75, 3.05) is 39.8 Å². The molecular weight excluding hydrogens is 284 g/mol. The molecule has 2 aliphatic rings. The van der Waals surface area contributed by atoms with Gasteiger partial charge in [-0.1, -0.05) is 37.1 Å². The lowest BCUT2D eigenvalue weighted by atomic mass is 9.71. The zero-order chi connectivity index (χ0) is 16.3. The van der Waals surface area contributed by atoms with Crippen LogP contribution in [0.5, 0.6) is 0 Å². The summed E-state index contributed by atoms with van der Waals surface area (Å²) in [4.78, 5) is 4.97. The maximum atomic E-state index is 11.5. The molecule has 0 spiro atoms. The molecule has 1 saturated heterocycles. The SMILES string of the molecule is Cc1ccccc1CC1(O)CCCCC1CN1CCN(C)CC1. The Balaban J connectivity index is 1.68. The lowest BCUT2D eigenvalue weighted by molar-refractivity contribution is -0.0621. The minimum atomic E-state index is -0.520. The number of likely N-dealkylation sites (N-methyl/N-ethyl adjacent to an activating group) is 1. The quantitative estimate of drug-likeness (QED) is 0.925. The highest BCUT2D eigenvalue weighted by atomic mass is 16.3. The van der Waals surface area contributed by atoms with E-state index in [0.29, 0.717) is 5.92 Å². The number of nitrogens with zero attached hydrogens (tertiary/aromatic N) is 2. The van der Waals surface area contributed by atoms with Crippen molar-refractivity contribution in [3.8, 4) is 0 Å². The molecule has 3 nitrogen and oxygen atoms in total. The highest BCUT2D eigenvalue weighted by Crippen LogP contribution is 2.37.